The van der Waals surface area contributed by atoms with Gasteiger partial charge in [0.25, 0.3) is 11.1 Å². The predicted molar refractivity (Wildman–Crippen MR) is 145 cm³/mol. The van der Waals surface area contributed by atoms with Gasteiger partial charge in [0, 0.05) is 39.3 Å². The fourth-order valence-corrected chi connectivity index (χ4v) is 5.70. The first-order valence-corrected chi connectivity index (χ1v) is 13.0. The van der Waals surface area contributed by atoms with Crippen molar-refractivity contribution in [1.82, 2.24) is 9.47 Å². The molecule has 8 heteroatoms. The summed E-state index contributed by atoms with van der Waals surface area (Å²) in [6.07, 6.45) is 4.54. The van der Waals surface area contributed by atoms with E-state index in [-0.39, 0.29) is 6.54 Å². The lowest BCUT2D eigenvalue weighted by atomic mass is 10.1. The van der Waals surface area contributed by atoms with E-state index >= 15 is 0 Å². The van der Waals surface area contributed by atoms with Crippen LogP contribution in [0.4, 0.5) is 9.18 Å². The van der Waals surface area contributed by atoms with Gasteiger partial charge in [0.15, 0.2) is 0 Å². The quantitative estimate of drug-likeness (QED) is 0.234. The van der Waals surface area contributed by atoms with Crippen molar-refractivity contribution in [3.63, 3.8) is 0 Å². The number of imide groups is 1. The lowest BCUT2D eigenvalue weighted by Gasteiger charge is -2.12. The fraction of sp³-hybridized carbons (Fsp3) is 0.143. The topological polar surface area (TPSA) is 42.3 Å². The SMILES string of the molecule is CCc1cccc2c(/C=C3\SC(=O)N(Cc4ccccc4F)C3=O)cn(Cc3ccc(Cl)cc3Cl)c12. The van der Waals surface area contributed by atoms with Crippen LogP contribution in [0.25, 0.3) is 17.0 Å². The highest BCUT2D eigenvalue weighted by Gasteiger charge is 2.35. The number of carbonyl (C=O) groups is 2. The number of thioether (sulfide) groups is 1. The molecule has 3 aromatic carbocycles. The summed E-state index contributed by atoms with van der Waals surface area (Å²) < 4.78 is 16.2. The van der Waals surface area contributed by atoms with E-state index in [2.05, 4.69) is 17.6 Å². The molecule has 0 aliphatic carbocycles. The first-order chi connectivity index (χ1) is 17.4. The Morgan fingerprint density at radius 2 is 1.72 bits per heavy atom. The van der Waals surface area contributed by atoms with Gasteiger partial charge in [0.1, 0.15) is 5.82 Å². The zero-order valence-electron chi connectivity index (χ0n) is 19.3. The zero-order chi connectivity index (χ0) is 25.4. The van der Waals surface area contributed by atoms with Crippen LogP contribution in [0.1, 0.15) is 29.2 Å². The molecule has 1 aliphatic rings. The molecule has 1 aliphatic heterocycles. The summed E-state index contributed by atoms with van der Waals surface area (Å²) in [6, 6.07) is 17.6. The summed E-state index contributed by atoms with van der Waals surface area (Å²) in [7, 11) is 0. The first kappa shape index (κ1) is 24.6. The monoisotopic (exact) mass is 538 g/mol. The Hall–Kier alpha value is -3.06. The standard InChI is InChI=1S/C28H21Cl2FN2O2S/c1-2-17-7-5-8-22-20(15-32(26(17)22)14-18-10-11-21(29)13-23(18)30)12-25-27(34)33(28(35)36-25)16-19-6-3-4-9-24(19)31/h3-13,15H,2,14,16H2,1H3/b25-12-. The molecule has 0 saturated carbocycles. The van der Waals surface area contributed by atoms with Crippen LogP contribution >= 0.6 is 35.0 Å². The summed E-state index contributed by atoms with van der Waals surface area (Å²) >= 11 is 13.4. The number of fused-ring (bicyclic) bond motifs is 1. The highest BCUT2D eigenvalue weighted by Crippen LogP contribution is 2.36. The fourth-order valence-electron chi connectivity index (χ4n) is 4.40. The van der Waals surface area contributed by atoms with Crippen molar-refractivity contribution in [3.05, 3.63) is 110 Å². The van der Waals surface area contributed by atoms with E-state index in [9.17, 15) is 14.0 Å². The van der Waals surface area contributed by atoms with Crippen LogP contribution in [-0.2, 0) is 24.3 Å². The molecular weight excluding hydrogens is 518 g/mol. The maximum Gasteiger partial charge on any atom is 0.293 e. The van der Waals surface area contributed by atoms with Gasteiger partial charge in [0.05, 0.1) is 17.0 Å². The number of halogens is 3. The Bertz CT molecular complexity index is 1550. The van der Waals surface area contributed by atoms with Gasteiger partial charge in [0.2, 0.25) is 0 Å². The molecule has 2 amide bonds. The summed E-state index contributed by atoms with van der Waals surface area (Å²) in [5.41, 5.74) is 4.24. The number of benzene rings is 3. The van der Waals surface area contributed by atoms with Gasteiger partial charge in [-0.15, -0.1) is 0 Å². The Balaban J connectivity index is 1.53. The third-order valence-electron chi connectivity index (χ3n) is 6.20. The van der Waals surface area contributed by atoms with Crippen molar-refractivity contribution in [2.24, 2.45) is 0 Å². The Morgan fingerprint density at radius 3 is 2.47 bits per heavy atom. The molecule has 2 heterocycles. The van der Waals surface area contributed by atoms with Crippen molar-refractivity contribution in [2.75, 3.05) is 0 Å². The van der Waals surface area contributed by atoms with Crippen LogP contribution in [0.15, 0.2) is 71.8 Å². The normalized spacial score (nSPS) is 15.0. The third kappa shape index (κ3) is 4.69. The maximum absolute atomic E-state index is 14.1. The van der Waals surface area contributed by atoms with Crippen LogP contribution in [0.5, 0.6) is 0 Å². The van der Waals surface area contributed by atoms with E-state index in [0.717, 1.165) is 50.7 Å². The molecule has 36 heavy (non-hydrogen) atoms. The molecular formula is C28H21Cl2FN2O2S. The van der Waals surface area contributed by atoms with Crippen LogP contribution in [0.2, 0.25) is 10.0 Å². The number of para-hydroxylation sites is 1. The van der Waals surface area contributed by atoms with Crippen LogP contribution in [0.3, 0.4) is 0 Å². The molecule has 1 fully saturated rings. The van der Waals surface area contributed by atoms with Crippen molar-refractivity contribution >= 4 is 63.1 Å². The molecule has 5 rings (SSSR count). The molecule has 0 radical (unpaired) electrons. The number of aryl methyl sites for hydroxylation is 1. The summed E-state index contributed by atoms with van der Waals surface area (Å²) in [4.78, 5) is 27.2. The van der Waals surface area contributed by atoms with E-state index in [1.54, 1.807) is 30.3 Å². The van der Waals surface area contributed by atoms with Gasteiger partial charge in [-0.1, -0.05) is 72.6 Å². The van der Waals surface area contributed by atoms with Crippen molar-refractivity contribution in [3.8, 4) is 0 Å². The Morgan fingerprint density at radius 1 is 0.944 bits per heavy atom. The van der Waals surface area contributed by atoms with E-state index in [4.69, 9.17) is 23.2 Å². The van der Waals surface area contributed by atoms with E-state index in [0.29, 0.717) is 27.1 Å². The number of hydrogen-bond acceptors (Lipinski definition) is 3. The number of hydrogen-bond donors (Lipinski definition) is 0. The van der Waals surface area contributed by atoms with Gasteiger partial charge in [-0.05, 0) is 53.6 Å². The van der Waals surface area contributed by atoms with E-state index in [1.165, 1.54) is 6.07 Å². The number of aromatic nitrogens is 1. The number of rotatable bonds is 6. The first-order valence-electron chi connectivity index (χ1n) is 11.4. The van der Waals surface area contributed by atoms with Gasteiger partial charge in [-0.2, -0.15) is 0 Å². The minimum Gasteiger partial charge on any atom is -0.342 e. The van der Waals surface area contributed by atoms with Crippen molar-refractivity contribution in [2.45, 2.75) is 26.4 Å². The largest absolute Gasteiger partial charge is 0.342 e. The zero-order valence-corrected chi connectivity index (χ0v) is 21.6. The number of nitrogens with zero attached hydrogens (tertiary/aromatic N) is 2. The van der Waals surface area contributed by atoms with E-state index < -0.39 is 17.0 Å². The lowest BCUT2D eigenvalue weighted by molar-refractivity contribution is -0.123. The molecule has 0 spiro atoms. The highest BCUT2D eigenvalue weighted by molar-refractivity contribution is 8.18. The second-order valence-corrected chi connectivity index (χ2v) is 10.3. The molecule has 4 nitrogen and oxygen atoms in total. The summed E-state index contributed by atoms with van der Waals surface area (Å²) in [5.74, 6) is -0.877. The van der Waals surface area contributed by atoms with Crippen molar-refractivity contribution < 1.29 is 14.0 Å². The predicted octanol–water partition coefficient (Wildman–Crippen LogP) is 7.93. The smallest absolute Gasteiger partial charge is 0.293 e. The van der Waals surface area contributed by atoms with Crippen LogP contribution in [-0.4, -0.2) is 20.6 Å². The summed E-state index contributed by atoms with van der Waals surface area (Å²) in [5, 5.41) is 1.71. The molecule has 4 aromatic rings. The Kier molecular flexibility index (Phi) is 6.93. The molecule has 0 bridgehead atoms. The molecule has 0 unspecified atom stereocenters. The number of amides is 2. The second-order valence-electron chi connectivity index (χ2n) is 8.47. The molecule has 1 aromatic heterocycles. The lowest BCUT2D eigenvalue weighted by Crippen LogP contribution is -2.27. The van der Waals surface area contributed by atoms with Gasteiger partial charge < -0.3 is 4.57 Å². The second kappa shape index (κ2) is 10.1. The minimum absolute atomic E-state index is 0.106. The van der Waals surface area contributed by atoms with E-state index in [1.807, 2.05) is 30.5 Å². The number of carbonyl (C=O) groups excluding carboxylic acids is 2. The highest BCUT2D eigenvalue weighted by atomic mass is 35.5. The van der Waals surface area contributed by atoms with Gasteiger partial charge in [-0.25, -0.2) is 4.39 Å². The van der Waals surface area contributed by atoms with Crippen molar-refractivity contribution in [1.29, 1.82) is 0 Å². The molecule has 0 atom stereocenters. The van der Waals surface area contributed by atoms with Gasteiger partial charge in [-0.3, -0.25) is 14.5 Å². The molecule has 0 N–H and O–H groups in total. The molecule has 182 valence electrons. The minimum atomic E-state index is -0.448. The average molecular weight is 539 g/mol. The Labute approximate surface area is 222 Å². The third-order valence-corrected chi connectivity index (χ3v) is 7.69. The van der Waals surface area contributed by atoms with Crippen LogP contribution < -0.4 is 0 Å². The average Bonchev–Trinajstić information content (AvgIpc) is 3.34. The summed E-state index contributed by atoms with van der Waals surface area (Å²) in [6.45, 7) is 2.51. The van der Waals surface area contributed by atoms with Crippen LogP contribution in [0, 0.1) is 5.82 Å². The van der Waals surface area contributed by atoms with Gasteiger partial charge >= 0.3 is 0 Å². The maximum atomic E-state index is 14.1. The molecule has 1 saturated heterocycles.